The molecule has 0 fully saturated rings. The molecule has 0 amide bonds. The SMILES string of the molecule is NCCC[C@@H](N)C(O)C(=O)CNCCc1ccccc1. The van der Waals surface area contributed by atoms with Gasteiger partial charge in [-0.15, -0.1) is 0 Å². The lowest BCUT2D eigenvalue weighted by Gasteiger charge is -2.17. The molecule has 20 heavy (non-hydrogen) atoms. The number of benzene rings is 1. The van der Waals surface area contributed by atoms with Gasteiger partial charge in [0.15, 0.2) is 5.78 Å². The first-order valence-electron chi connectivity index (χ1n) is 7.06. The summed E-state index contributed by atoms with van der Waals surface area (Å²) in [6.45, 7) is 1.36. The van der Waals surface area contributed by atoms with Crippen LogP contribution in [0.15, 0.2) is 30.3 Å². The van der Waals surface area contributed by atoms with Crippen molar-refractivity contribution in [2.24, 2.45) is 11.5 Å². The zero-order valence-electron chi connectivity index (χ0n) is 11.8. The second-order valence-electron chi connectivity index (χ2n) is 4.92. The third-order valence-corrected chi connectivity index (χ3v) is 3.21. The number of hydrogen-bond donors (Lipinski definition) is 4. The van der Waals surface area contributed by atoms with Gasteiger partial charge in [-0.2, -0.15) is 0 Å². The number of Topliss-reactive ketones (excluding diaryl/α,β-unsaturated/α-hetero) is 1. The maximum atomic E-state index is 11.7. The zero-order valence-corrected chi connectivity index (χ0v) is 11.8. The second-order valence-corrected chi connectivity index (χ2v) is 4.92. The molecule has 5 nitrogen and oxygen atoms in total. The highest BCUT2D eigenvalue weighted by Crippen LogP contribution is 2.01. The quantitative estimate of drug-likeness (QED) is 0.445. The van der Waals surface area contributed by atoms with E-state index < -0.39 is 12.1 Å². The van der Waals surface area contributed by atoms with E-state index in [1.807, 2.05) is 30.3 Å². The number of nitrogens with two attached hydrogens (primary N) is 2. The molecule has 0 heterocycles. The number of nitrogens with one attached hydrogen (secondary N) is 1. The topological polar surface area (TPSA) is 101 Å². The lowest BCUT2D eigenvalue weighted by molar-refractivity contribution is -0.127. The Morgan fingerprint density at radius 3 is 2.65 bits per heavy atom. The molecular weight excluding hydrogens is 254 g/mol. The predicted octanol–water partition coefficient (Wildman–Crippen LogP) is -0.185. The predicted molar refractivity (Wildman–Crippen MR) is 80.3 cm³/mol. The highest BCUT2D eigenvalue weighted by atomic mass is 16.3. The van der Waals surface area contributed by atoms with Crippen LogP contribution in [-0.2, 0) is 11.2 Å². The van der Waals surface area contributed by atoms with Gasteiger partial charge in [-0.1, -0.05) is 30.3 Å². The molecular formula is C15H25N3O2. The first kappa shape index (κ1) is 16.8. The minimum Gasteiger partial charge on any atom is -0.384 e. The molecule has 2 atom stereocenters. The van der Waals surface area contributed by atoms with Gasteiger partial charge in [-0.05, 0) is 37.9 Å². The van der Waals surface area contributed by atoms with Crippen LogP contribution in [0.2, 0.25) is 0 Å². The molecule has 0 aliphatic heterocycles. The van der Waals surface area contributed by atoms with Crippen LogP contribution in [0.3, 0.4) is 0 Å². The molecule has 0 aliphatic rings. The zero-order chi connectivity index (χ0) is 14.8. The van der Waals surface area contributed by atoms with E-state index in [-0.39, 0.29) is 12.3 Å². The van der Waals surface area contributed by atoms with Gasteiger partial charge in [0, 0.05) is 6.04 Å². The van der Waals surface area contributed by atoms with Gasteiger partial charge in [0.1, 0.15) is 6.10 Å². The standard InChI is InChI=1S/C15H25N3O2/c16-9-4-7-13(17)15(20)14(19)11-18-10-8-12-5-2-1-3-6-12/h1-3,5-6,13,15,18,20H,4,7-11,16-17H2/t13-,15?/m1/s1. The number of carbonyl (C=O) groups is 1. The van der Waals surface area contributed by atoms with Crippen molar-refractivity contribution >= 4 is 5.78 Å². The molecule has 0 saturated heterocycles. The molecule has 0 aromatic heterocycles. The summed E-state index contributed by atoms with van der Waals surface area (Å²) < 4.78 is 0. The first-order valence-corrected chi connectivity index (χ1v) is 7.06. The maximum absolute atomic E-state index is 11.7. The van der Waals surface area contributed by atoms with Crippen molar-refractivity contribution in [3.63, 3.8) is 0 Å². The van der Waals surface area contributed by atoms with Crippen molar-refractivity contribution in [1.82, 2.24) is 5.32 Å². The van der Waals surface area contributed by atoms with Crippen molar-refractivity contribution < 1.29 is 9.90 Å². The van der Waals surface area contributed by atoms with Gasteiger partial charge < -0.3 is 21.9 Å². The van der Waals surface area contributed by atoms with E-state index in [9.17, 15) is 9.90 Å². The Kier molecular flexibility index (Phi) is 8.06. The van der Waals surface area contributed by atoms with Gasteiger partial charge in [0.25, 0.3) is 0 Å². The molecule has 5 heteroatoms. The van der Waals surface area contributed by atoms with E-state index in [1.165, 1.54) is 5.56 Å². The highest BCUT2D eigenvalue weighted by Gasteiger charge is 2.21. The number of rotatable bonds is 10. The fraction of sp³-hybridized carbons (Fsp3) is 0.533. The van der Waals surface area contributed by atoms with Gasteiger partial charge in [0.2, 0.25) is 0 Å². The van der Waals surface area contributed by atoms with Crippen LogP contribution in [0.4, 0.5) is 0 Å². The number of hydrogen-bond acceptors (Lipinski definition) is 5. The molecule has 1 rings (SSSR count). The van der Waals surface area contributed by atoms with Crippen molar-refractivity contribution in [3.05, 3.63) is 35.9 Å². The van der Waals surface area contributed by atoms with E-state index in [0.717, 1.165) is 6.42 Å². The first-order chi connectivity index (χ1) is 9.65. The summed E-state index contributed by atoms with van der Waals surface area (Å²) in [5.74, 6) is -0.261. The number of aliphatic hydroxyl groups is 1. The van der Waals surface area contributed by atoms with Crippen LogP contribution in [0, 0.1) is 0 Å². The third kappa shape index (κ3) is 6.25. The minimum atomic E-state index is -1.11. The average Bonchev–Trinajstić information content (AvgIpc) is 2.49. The van der Waals surface area contributed by atoms with E-state index in [2.05, 4.69) is 5.32 Å². The molecule has 0 radical (unpaired) electrons. The summed E-state index contributed by atoms with van der Waals surface area (Å²) in [5, 5.41) is 12.8. The lowest BCUT2D eigenvalue weighted by Crippen LogP contribution is -2.44. The van der Waals surface area contributed by atoms with Crippen molar-refractivity contribution in [2.45, 2.75) is 31.4 Å². The Bertz CT molecular complexity index is 384. The van der Waals surface area contributed by atoms with Crippen molar-refractivity contribution in [3.8, 4) is 0 Å². The molecule has 0 aliphatic carbocycles. The lowest BCUT2D eigenvalue weighted by atomic mass is 10.0. The van der Waals surface area contributed by atoms with E-state index in [0.29, 0.717) is 25.9 Å². The van der Waals surface area contributed by atoms with E-state index in [4.69, 9.17) is 11.5 Å². The summed E-state index contributed by atoms with van der Waals surface area (Å²) in [6, 6.07) is 9.50. The van der Waals surface area contributed by atoms with Crippen LogP contribution in [0.5, 0.6) is 0 Å². The number of ketones is 1. The van der Waals surface area contributed by atoms with Crippen LogP contribution in [-0.4, -0.2) is 42.7 Å². The Morgan fingerprint density at radius 2 is 2.00 bits per heavy atom. The molecule has 0 saturated carbocycles. The van der Waals surface area contributed by atoms with Crippen molar-refractivity contribution in [1.29, 1.82) is 0 Å². The fourth-order valence-corrected chi connectivity index (χ4v) is 1.94. The summed E-state index contributed by atoms with van der Waals surface area (Å²) in [7, 11) is 0. The molecule has 6 N–H and O–H groups in total. The summed E-state index contributed by atoms with van der Waals surface area (Å²) in [4.78, 5) is 11.7. The van der Waals surface area contributed by atoms with Crippen LogP contribution >= 0.6 is 0 Å². The average molecular weight is 279 g/mol. The third-order valence-electron chi connectivity index (χ3n) is 3.21. The Hall–Kier alpha value is -1.27. The Morgan fingerprint density at radius 1 is 1.30 bits per heavy atom. The largest absolute Gasteiger partial charge is 0.384 e. The molecule has 1 unspecified atom stereocenters. The molecule has 0 bridgehead atoms. The summed E-state index contributed by atoms with van der Waals surface area (Å²) >= 11 is 0. The molecule has 1 aromatic carbocycles. The summed E-state index contributed by atoms with van der Waals surface area (Å²) in [6.07, 6.45) is 1.02. The maximum Gasteiger partial charge on any atom is 0.176 e. The highest BCUT2D eigenvalue weighted by molar-refractivity contribution is 5.85. The van der Waals surface area contributed by atoms with Crippen LogP contribution in [0.25, 0.3) is 0 Å². The van der Waals surface area contributed by atoms with E-state index >= 15 is 0 Å². The molecule has 0 spiro atoms. The fourth-order valence-electron chi connectivity index (χ4n) is 1.94. The van der Waals surface area contributed by atoms with Gasteiger partial charge in [-0.3, -0.25) is 4.79 Å². The normalized spacial score (nSPS) is 13.9. The van der Waals surface area contributed by atoms with Gasteiger partial charge >= 0.3 is 0 Å². The monoisotopic (exact) mass is 279 g/mol. The summed E-state index contributed by atoms with van der Waals surface area (Å²) in [5.41, 5.74) is 12.3. The Labute approximate surface area is 120 Å². The van der Waals surface area contributed by atoms with Crippen LogP contribution < -0.4 is 16.8 Å². The minimum absolute atomic E-state index is 0.143. The van der Waals surface area contributed by atoms with E-state index in [1.54, 1.807) is 0 Å². The second kappa shape index (κ2) is 9.61. The smallest absolute Gasteiger partial charge is 0.176 e. The molecule has 112 valence electrons. The molecule has 1 aromatic rings. The number of carbonyl (C=O) groups excluding carboxylic acids is 1. The van der Waals surface area contributed by atoms with Crippen molar-refractivity contribution in [2.75, 3.05) is 19.6 Å². The van der Waals surface area contributed by atoms with Gasteiger partial charge in [0.05, 0.1) is 6.54 Å². The Balaban J connectivity index is 2.19. The van der Waals surface area contributed by atoms with Crippen LogP contribution in [0.1, 0.15) is 18.4 Å². The van der Waals surface area contributed by atoms with Gasteiger partial charge in [-0.25, -0.2) is 0 Å². The number of aliphatic hydroxyl groups excluding tert-OH is 1.